The SMILES string of the molecule is CCn1c(C)cc(CNc2ccc(C)c(Br)c2)c1C. The van der Waals surface area contributed by atoms with Gasteiger partial charge in [-0.05, 0) is 57.0 Å². The molecule has 0 saturated heterocycles. The third-order valence-corrected chi connectivity index (χ3v) is 4.50. The summed E-state index contributed by atoms with van der Waals surface area (Å²) in [6.07, 6.45) is 0. The van der Waals surface area contributed by atoms with Gasteiger partial charge < -0.3 is 9.88 Å². The highest BCUT2D eigenvalue weighted by atomic mass is 79.9. The van der Waals surface area contributed by atoms with Crippen molar-refractivity contribution >= 4 is 21.6 Å². The van der Waals surface area contributed by atoms with Crippen molar-refractivity contribution in [3.8, 4) is 0 Å². The molecule has 1 aromatic heterocycles. The predicted molar refractivity (Wildman–Crippen MR) is 85.8 cm³/mol. The third kappa shape index (κ3) is 3.03. The average Bonchev–Trinajstić information content (AvgIpc) is 2.65. The van der Waals surface area contributed by atoms with Crippen LogP contribution in [0.5, 0.6) is 0 Å². The van der Waals surface area contributed by atoms with Crippen LogP contribution in [0.4, 0.5) is 5.69 Å². The van der Waals surface area contributed by atoms with Gasteiger partial charge in [-0.1, -0.05) is 22.0 Å². The normalized spacial score (nSPS) is 10.8. The van der Waals surface area contributed by atoms with Crippen LogP contribution in [-0.4, -0.2) is 4.57 Å². The molecule has 0 aliphatic carbocycles. The second-order valence-corrected chi connectivity index (χ2v) is 5.81. The van der Waals surface area contributed by atoms with Gasteiger partial charge in [0.15, 0.2) is 0 Å². The summed E-state index contributed by atoms with van der Waals surface area (Å²) >= 11 is 3.57. The van der Waals surface area contributed by atoms with Gasteiger partial charge in [0.25, 0.3) is 0 Å². The fourth-order valence-electron chi connectivity index (χ4n) is 2.44. The standard InChI is InChI=1S/C16H21BrN2/c1-5-19-12(3)8-14(13(19)4)10-18-15-7-6-11(2)16(17)9-15/h6-9,18H,5,10H2,1-4H3. The van der Waals surface area contributed by atoms with E-state index in [4.69, 9.17) is 0 Å². The second-order valence-electron chi connectivity index (χ2n) is 4.96. The molecule has 2 nitrogen and oxygen atoms in total. The van der Waals surface area contributed by atoms with E-state index in [1.165, 1.54) is 22.5 Å². The lowest BCUT2D eigenvalue weighted by atomic mass is 10.2. The van der Waals surface area contributed by atoms with E-state index in [1.54, 1.807) is 0 Å². The lowest BCUT2D eigenvalue weighted by Gasteiger charge is -2.09. The summed E-state index contributed by atoms with van der Waals surface area (Å²) < 4.78 is 3.50. The van der Waals surface area contributed by atoms with Crippen molar-refractivity contribution in [1.82, 2.24) is 4.57 Å². The third-order valence-electron chi connectivity index (χ3n) is 3.65. The van der Waals surface area contributed by atoms with Crippen molar-refractivity contribution in [2.75, 3.05) is 5.32 Å². The minimum absolute atomic E-state index is 0.870. The van der Waals surface area contributed by atoms with Crippen LogP contribution in [0.1, 0.15) is 29.4 Å². The molecule has 0 saturated carbocycles. The maximum atomic E-state index is 3.57. The fraction of sp³-hybridized carbons (Fsp3) is 0.375. The molecule has 0 fully saturated rings. The fourth-order valence-corrected chi connectivity index (χ4v) is 2.82. The van der Waals surface area contributed by atoms with Gasteiger partial charge in [0.05, 0.1) is 0 Å². The summed E-state index contributed by atoms with van der Waals surface area (Å²) in [4.78, 5) is 0. The molecule has 1 aromatic carbocycles. The number of rotatable bonds is 4. The topological polar surface area (TPSA) is 17.0 Å². The Morgan fingerprint density at radius 3 is 2.47 bits per heavy atom. The molecule has 0 bridgehead atoms. The minimum atomic E-state index is 0.870. The van der Waals surface area contributed by atoms with Crippen LogP contribution in [0.25, 0.3) is 0 Å². The Bertz CT molecular complexity index is 585. The predicted octanol–water partition coefficient (Wildman–Crippen LogP) is 4.81. The Hall–Kier alpha value is -1.22. The first-order valence-corrected chi connectivity index (χ1v) is 7.48. The van der Waals surface area contributed by atoms with Crippen molar-refractivity contribution in [3.63, 3.8) is 0 Å². The lowest BCUT2D eigenvalue weighted by Crippen LogP contribution is -2.03. The van der Waals surface area contributed by atoms with Crippen molar-refractivity contribution < 1.29 is 0 Å². The Morgan fingerprint density at radius 1 is 1.16 bits per heavy atom. The highest BCUT2D eigenvalue weighted by Crippen LogP contribution is 2.22. The van der Waals surface area contributed by atoms with E-state index >= 15 is 0 Å². The zero-order valence-corrected chi connectivity index (χ0v) is 13.6. The second kappa shape index (κ2) is 5.83. The molecule has 2 rings (SSSR count). The highest BCUT2D eigenvalue weighted by molar-refractivity contribution is 9.10. The monoisotopic (exact) mass is 320 g/mol. The van der Waals surface area contributed by atoms with Crippen LogP contribution >= 0.6 is 15.9 Å². The van der Waals surface area contributed by atoms with Crippen molar-refractivity contribution in [2.24, 2.45) is 0 Å². The number of anilines is 1. The summed E-state index contributed by atoms with van der Waals surface area (Å²) in [6, 6.07) is 8.66. The Balaban J connectivity index is 2.12. The van der Waals surface area contributed by atoms with E-state index in [1.807, 2.05) is 0 Å². The van der Waals surface area contributed by atoms with E-state index in [9.17, 15) is 0 Å². The first-order valence-electron chi connectivity index (χ1n) is 6.68. The maximum Gasteiger partial charge on any atom is 0.0418 e. The smallest absolute Gasteiger partial charge is 0.0418 e. The number of nitrogens with zero attached hydrogens (tertiary/aromatic N) is 1. The van der Waals surface area contributed by atoms with Gasteiger partial charge in [0, 0.05) is 34.6 Å². The summed E-state index contributed by atoms with van der Waals surface area (Å²) in [5.41, 5.74) is 6.48. The molecule has 0 atom stereocenters. The molecule has 0 aliphatic rings. The molecule has 3 heteroatoms. The van der Waals surface area contributed by atoms with Crippen LogP contribution in [0, 0.1) is 20.8 Å². The zero-order chi connectivity index (χ0) is 14.0. The molecular formula is C16H21BrN2. The minimum Gasteiger partial charge on any atom is -0.381 e. The number of hydrogen-bond donors (Lipinski definition) is 1. The van der Waals surface area contributed by atoms with Crippen molar-refractivity contribution in [3.05, 3.63) is 51.3 Å². The molecule has 19 heavy (non-hydrogen) atoms. The summed E-state index contributed by atoms with van der Waals surface area (Å²) in [5.74, 6) is 0. The van der Waals surface area contributed by atoms with Crippen molar-refractivity contribution in [2.45, 2.75) is 40.8 Å². The van der Waals surface area contributed by atoms with Crippen molar-refractivity contribution in [1.29, 1.82) is 0 Å². The quantitative estimate of drug-likeness (QED) is 0.855. The Morgan fingerprint density at radius 2 is 1.89 bits per heavy atom. The van der Waals surface area contributed by atoms with Gasteiger partial charge in [-0.2, -0.15) is 0 Å². The molecule has 1 N–H and O–H groups in total. The van der Waals surface area contributed by atoms with Crippen LogP contribution in [0.3, 0.4) is 0 Å². The number of nitrogens with one attached hydrogen (secondary N) is 1. The van der Waals surface area contributed by atoms with Gasteiger partial charge >= 0.3 is 0 Å². The van der Waals surface area contributed by atoms with Crippen LogP contribution < -0.4 is 5.32 Å². The molecule has 2 aromatic rings. The van der Waals surface area contributed by atoms with Crippen LogP contribution in [0.2, 0.25) is 0 Å². The van der Waals surface area contributed by atoms with Gasteiger partial charge in [0.2, 0.25) is 0 Å². The molecular weight excluding hydrogens is 300 g/mol. The molecule has 1 heterocycles. The zero-order valence-electron chi connectivity index (χ0n) is 12.0. The van der Waals surface area contributed by atoms with E-state index in [-0.39, 0.29) is 0 Å². The van der Waals surface area contributed by atoms with E-state index in [0.29, 0.717) is 0 Å². The van der Waals surface area contributed by atoms with E-state index in [0.717, 1.165) is 23.2 Å². The number of aryl methyl sites for hydroxylation is 2. The molecule has 0 aliphatic heterocycles. The number of aromatic nitrogens is 1. The van der Waals surface area contributed by atoms with E-state index in [2.05, 4.69) is 77.8 Å². The Kier molecular flexibility index (Phi) is 4.35. The van der Waals surface area contributed by atoms with Crippen LogP contribution in [0.15, 0.2) is 28.7 Å². The number of hydrogen-bond acceptors (Lipinski definition) is 1. The lowest BCUT2D eigenvalue weighted by molar-refractivity contribution is 0.715. The van der Waals surface area contributed by atoms with Gasteiger partial charge in [-0.15, -0.1) is 0 Å². The van der Waals surface area contributed by atoms with Gasteiger partial charge in [-0.3, -0.25) is 0 Å². The first kappa shape index (κ1) is 14.2. The molecule has 0 radical (unpaired) electrons. The summed E-state index contributed by atoms with van der Waals surface area (Å²) in [7, 11) is 0. The molecule has 0 spiro atoms. The maximum absolute atomic E-state index is 3.57. The Labute approximate surface area is 124 Å². The summed E-state index contributed by atoms with van der Waals surface area (Å²) in [5, 5.41) is 3.49. The number of benzene rings is 1. The first-order chi connectivity index (χ1) is 9.02. The molecule has 0 amide bonds. The van der Waals surface area contributed by atoms with Crippen LogP contribution in [-0.2, 0) is 13.1 Å². The molecule has 0 unspecified atom stereocenters. The van der Waals surface area contributed by atoms with Gasteiger partial charge in [0.1, 0.15) is 0 Å². The average molecular weight is 321 g/mol. The molecule has 102 valence electrons. The number of halogens is 1. The largest absolute Gasteiger partial charge is 0.381 e. The van der Waals surface area contributed by atoms with E-state index < -0.39 is 0 Å². The van der Waals surface area contributed by atoms with Gasteiger partial charge in [-0.25, -0.2) is 0 Å². The summed E-state index contributed by atoms with van der Waals surface area (Å²) in [6.45, 7) is 10.6. The highest BCUT2D eigenvalue weighted by Gasteiger charge is 2.07.